The lowest BCUT2D eigenvalue weighted by molar-refractivity contribution is 0.0520. The number of hydrogen-bond donors (Lipinski definition) is 1. The first kappa shape index (κ1) is 20.8. The number of nitrogens with one attached hydrogen (secondary N) is 1. The van der Waals surface area contributed by atoms with Gasteiger partial charge in [-0.3, -0.25) is 9.59 Å². The van der Waals surface area contributed by atoms with E-state index >= 15 is 0 Å². The SMILES string of the molecule is CCOC(=O)c1nn(-c2cccc(Cl)c2)c(=O)c2c(NC(=O)c3ccccc3)scc12. The number of halogens is 1. The summed E-state index contributed by atoms with van der Waals surface area (Å²) in [7, 11) is 0. The number of ether oxygens (including phenoxy) is 1. The molecule has 0 fully saturated rings. The van der Waals surface area contributed by atoms with E-state index < -0.39 is 11.5 Å². The topological polar surface area (TPSA) is 90.3 Å². The van der Waals surface area contributed by atoms with E-state index in [4.69, 9.17) is 16.3 Å². The highest BCUT2D eigenvalue weighted by Crippen LogP contribution is 2.31. The second-order valence-electron chi connectivity index (χ2n) is 6.44. The zero-order chi connectivity index (χ0) is 22.0. The van der Waals surface area contributed by atoms with Crippen LogP contribution in [0, 0.1) is 0 Å². The molecular formula is C22H16ClN3O4S. The van der Waals surface area contributed by atoms with Gasteiger partial charge < -0.3 is 10.1 Å². The molecule has 0 atom stereocenters. The number of esters is 1. The molecule has 4 rings (SSSR count). The van der Waals surface area contributed by atoms with Crippen LogP contribution < -0.4 is 10.9 Å². The quantitative estimate of drug-likeness (QED) is 0.448. The fourth-order valence-electron chi connectivity index (χ4n) is 3.04. The smallest absolute Gasteiger partial charge is 0.359 e. The molecule has 0 bridgehead atoms. The lowest BCUT2D eigenvalue weighted by Crippen LogP contribution is -2.25. The van der Waals surface area contributed by atoms with Crippen LogP contribution in [0.25, 0.3) is 16.5 Å². The summed E-state index contributed by atoms with van der Waals surface area (Å²) in [6.45, 7) is 1.83. The average Bonchev–Trinajstić information content (AvgIpc) is 3.19. The normalized spacial score (nSPS) is 10.8. The molecule has 1 N–H and O–H groups in total. The Morgan fingerprint density at radius 1 is 1.16 bits per heavy atom. The van der Waals surface area contributed by atoms with Gasteiger partial charge in [-0.15, -0.1) is 11.3 Å². The number of hydrogen-bond acceptors (Lipinski definition) is 6. The number of carbonyl (C=O) groups is 2. The van der Waals surface area contributed by atoms with Gasteiger partial charge in [-0.2, -0.15) is 9.78 Å². The highest BCUT2D eigenvalue weighted by Gasteiger charge is 2.23. The highest BCUT2D eigenvalue weighted by molar-refractivity contribution is 7.16. The number of nitrogens with zero attached hydrogens (tertiary/aromatic N) is 2. The minimum atomic E-state index is -0.665. The number of amides is 1. The van der Waals surface area contributed by atoms with Gasteiger partial charge in [0.05, 0.1) is 17.7 Å². The van der Waals surface area contributed by atoms with Crippen LogP contribution in [-0.2, 0) is 4.74 Å². The van der Waals surface area contributed by atoms with Gasteiger partial charge in [0, 0.05) is 21.4 Å². The fourth-order valence-corrected chi connectivity index (χ4v) is 4.16. The summed E-state index contributed by atoms with van der Waals surface area (Å²) >= 11 is 7.21. The minimum Gasteiger partial charge on any atom is -0.461 e. The van der Waals surface area contributed by atoms with Crippen LogP contribution in [-0.4, -0.2) is 28.3 Å². The Balaban J connectivity index is 1.90. The van der Waals surface area contributed by atoms with E-state index in [-0.39, 0.29) is 23.6 Å². The van der Waals surface area contributed by atoms with Gasteiger partial charge in [-0.1, -0.05) is 35.9 Å². The minimum absolute atomic E-state index is 0.0205. The van der Waals surface area contributed by atoms with Crippen molar-refractivity contribution in [2.75, 3.05) is 11.9 Å². The third-order valence-corrected chi connectivity index (χ3v) is 5.57. The summed E-state index contributed by atoms with van der Waals surface area (Å²) in [4.78, 5) is 38.5. The standard InChI is InChI=1S/C22H16ClN3O4S/c1-2-30-22(29)18-16-12-31-20(24-19(27)13-7-4-3-5-8-13)17(16)21(28)26(25-18)15-10-6-9-14(23)11-15/h3-12H,2H2,1H3,(H,24,27). The summed E-state index contributed by atoms with van der Waals surface area (Å²) in [6.07, 6.45) is 0. The summed E-state index contributed by atoms with van der Waals surface area (Å²) in [5.74, 6) is -1.03. The van der Waals surface area contributed by atoms with Gasteiger partial charge in [0.25, 0.3) is 11.5 Å². The number of benzene rings is 2. The number of rotatable bonds is 5. The molecule has 0 aliphatic rings. The third-order valence-electron chi connectivity index (χ3n) is 4.44. The van der Waals surface area contributed by atoms with Gasteiger partial charge in [0.1, 0.15) is 5.00 Å². The maximum absolute atomic E-state index is 13.3. The highest BCUT2D eigenvalue weighted by atomic mass is 35.5. The van der Waals surface area contributed by atoms with Crippen molar-refractivity contribution in [1.82, 2.24) is 9.78 Å². The first-order valence-electron chi connectivity index (χ1n) is 9.33. The van der Waals surface area contributed by atoms with Crippen LogP contribution >= 0.6 is 22.9 Å². The van der Waals surface area contributed by atoms with E-state index in [1.54, 1.807) is 66.9 Å². The Morgan fingerprint density at radius 2 is 1.94 bits per heavy atom. The molecule has 31 heavy (non-hydrogen) atoms. The van der Waals surface area contributed by atoms with Gasteiger partial charge in [-0.25, -0.2) is 4.79 Å². The molecule has 7 nitrogen and oxygen atoms in total. The van der Waals surface area contributed by atoms with Crippen molar-refractivity contribution in [1.29, 1.82) is 0 Å². The summed E-state index contributed by atoms with van der Waals surface area (Å²) < 4.78 is 6.21. The van der Waals surface area contributed by atoms with Crippen molar-refractivity contribution in [2.45, 2.75) is 6.92 Å². The van der Waals surface area contributed by atoms with Crippen molar-refractivity contribution in [2.24, 2.45) is 0 Å². The molecule has 0 spiro atoms. The van der Waals surface area contributed by atoms with Gasteiger partial charge in [0.15, 0.2) is 5.69 Å². The molecule has 156 valence electrons. The van der Waals surface area contributed by atoms with Gasteiger partial charge >= 0.3 is 5.97 Å². The van der Waals surface area contributed by atoms with Crippen LogP contribution in [0.5, 0.6) is 0 Å². The van der Waals surface area contributed by atoms with Crippen LogP contribution in [0.2, 0.25) is 5.02 Å². The summed E-state index contributed by atoms with van der Waals surface area (Å²) in [5.41, 5.74) is 0.318. The predicted octanol–water partition coefficient (Wildman–Crippen LogP) is 4.53. The van der Waals surface area contributed by atoms with E-state index in [0.29, 0.717) is 26.7 Å². The molecule has 0 radical (unpaired) electrons. The van der Waals surface area contributed by atoms with E-state index in [0.717, 1.165) is 16.0 Å². The largest absolute Gasteiger partial charge is 0.461 e. The number of aromatic nitrogens is 2. The first-order chi connectivity index (χ1) is 15.0. The van der Waals surface area contributed by atoms with Crippen molar-refractivity contribution in [3.63, 3.8) is 0 Å². The van der Waals surface area contributed by atoms with E-state index in [1.807, 2.05) is 0 Å². The van der Waals surface area contributed by atoms with Crippen LogP contribution in [0.15, 0.2) is 64.8 Å². The van der Waals surface area contributed by atoms with Gasteiger partial charge in [-0.05, 0) is 37.3 Å². The fraction of sp³-hybridized carbons (Fsp3) is 0.0909. The summed E-state index contributed by atoms with van der Waals surface area (Å²) in [6, 6.07) is 15.2. The third kappa shape index (κ3) is 4.08. The molecule has 2 aromatic carbocycles. The maximum Gasteiger partial charge on any atom is 0.359 e. The molecule has 2 heterocycles. The molecule has 0 saturated carbocycles. The zero-order valence-electron chi connectivity index (χ0n) is 16.3. The molecule has 2 aromatic heterocycles. The number of thiophene rings is 1. The molecule has 0 aliphatic carbocycles. The lowest BCUT2D eigenvalue weighted by Gasteiger charge is -2.10. The van der Waals surface area contributed by atoms with E-state index in [9.17, 15) is 14.4 Å². The molecule has 4 aromatic rings. The number of fused-ring (bicyclic) bond motifs is 1. The predicted molar refractivity (Wildman–Crippen MR) is 121 cm³/mol. The van der Waals surface area contributed by atoms with Crippen LogP contribution in [0.1, 0.15) is 27.8 Å². The van der Waals surface area contributed by atoms with Crippen molar-refractivity contribution < 1.29 is 14.3 Å². The lowest BCUT2D eigenvalue weighted by atomic mass is 10.2. The second kappa shape index (κ2) is 8.71. The van der Waals surface area contributed by atoms with Crippen molar-refractivity contribution >= 4 is 50.6 Å². The molecule has 9 heteroatoms. The Labute approximate surface area is 185 Å². The van der Waals surface area contributed by atoms with Crippen molar-refractivity contribution in [3.8, 4) is 5.69 Å². The van der Waals surface area contributed by atoms with Gasteiger partial charge in [0.2, 0.25) is 0 Å². The average molecular weight is 454 g/mol. The van der Waals surface area contributed by atoms with E-state index in [2.05, 4.69) is 10.4 Å². The molecule has 1 amide bonds. The zero-order valence-corrected chi connectivity index (χ0v) is 17.9. The second-order valence-corrected chi connectivity index (χ2v) is 7.76. The summed E-state index contributed by atoms with van der Waals surface area (Å²) in [5, 5.41) is 9.84. The maximum atomic E-state index is 13.3. The molecule has 0 saturated heterocycles. The Hall–Kier alpha value is -3.49. The number of carbonyl (C=O) groups excluding carboxylic acids is 2. The van der Waals surface area contributed by atoms with Crippen molar-refractivity contribution in [3.05, 3.63) is 86.6 Å². The van der Waals surface area contributed by atoms with Crippen LogP contribution in [0.3, 0.4) is 0 Å². The monoisotopic (exact) mass is 453 g/mol. The molecule has 0 aliphatic heterocycles. The van der Waals surface area contributed by atoms with Crippen LogP contribution in [0.4, 0.5) is 5.00 Å². The molecular weight excluding hydrogens is 438 g/mol. The Kier molecular flexibility index (Phi) is 5.83. The van der Waals surface area contributed by atoms with E-state index in [1.165, 1.54) is 0 Å². The number of anilines is 1. The Morgan fingerprint density at radius 3 is 2.65 bits per heavy atom. The molecule has 0 unspecified atom stereocenters. The Bertz CT molecular complexity index is 1350. The first-order valence-corrected chi connectivity index (χ1v) is 10.6.